The molecule has 2 amide bonds. The number of anilines is 1. The first-order valence-electron chi connectivity index (χ1n) is 11.4. The number of para-hydroxylation sites is 1. The number of alkyl carbamates (subject to hydrolysis) is 1. The molecule has 34 heavy (non-hydrogen) atoms. The van der Waals surface area contributed by atoms with Crippen molar-refractivity contribution in [1.29, 1.82) is 0 Å². The van der Waals surface area contributed by atoms with Crippen LogP contribution in [0.2, 0.25) is 0 Å². The van der Waals surface area contributed by atoms with Gasteiger partial charge in [-0.05, 0) is 59.1 Å². The van der Waals surface area contributed by atoms with Crippen LogP contribution in [0, 0.1) is 17.8 Å². The fourth-order valence-corrected chi connectivity index (χ4v) is 3.74. The Morgan fingerprint density at radius 3 is 2.18 bits per heavy atom. The molecule has 1 aliphatic carbocycles. The van der Waals surface area contributed by atoms with Crippen LogP contribution in [0.5, 0.6) is 0 Å². The lowest BCUT2D eigenvalue weighted by molar-refractivity contribution is -0.147. The van der Waals surface area contributed by atoms with Gasteiger partial charge in [-0.25, -0.2) is 14.4 Å². The van der Waals surface area contributed by atoms with Crippen molar-refractivity contribution in [1.82, 2.24) is 5.32 Å². The normalized spacial score (nSPS) is 19.9. The molecule has 10 heteroatoms. The fraction of sp³-hybridized carbons (Fsp3) is 0.583. The lowest BCUT2D eigenvalue weighted by Crippen LogP contribution is -2.46. The van der Waals surface area contributed by atoms with Gasteiger partial charge in [0.2, 0.25) is 0 Å². The molecule has 1 saturated carbocycles. The van der Waals surface area contributed by atoms with Crippen LogP contribution in [0.4, 0.5) is 15.3 Å². The Kier molecular flexibility index (Phi) is 9.70. The number of amides is 2. The Morgan fingerprint density at radius 1 is 0.941 bits per heavy atom. The van der Waals surface area contributed by atoms with Crippen molar-refractivity contribution in [2.45, 2.75) is 52.7 Å². The molecule has 2 N–H and O–H groups in total. The number of esters is 2. The van der Waals surface area contributed by atoms with Gasteiger partial charge in [0.05, 0.1) is 25.7 Å². The van der Waals surface area contributed by atoms with Crippen molar-refractivity contribution in [3.63, 3.8) is 0 Å². The van der Waals surface area contributed by atoms with Crippen molar-refractivity contribution in [2.75, 3.05) is 25.1 Å². The Morgan fingerprint density at radius 2 is 1.59 bits per heavy atom. The Hall–Kier alpha value is -3.30. The van der Waals surface area contributed by atoms with E-state index in [4.69, 9.17) is 18.9 Å². The molecule has 0 saturated heterocycles. The van der Waals surface area contributed by atoms with Gasteiger partial charge in [-0.1, -0.05) is 18.2 Å². The maximum Gasteiger partial charge on any atom is 0.411 e. The summed E-state index contributed by atoms with van der Waals surface area (Å²) in [6.45, 7) is 8.72. The number of hydrogen-bond acceptors (Lipinski definition) is 8. The van der Waals surface area contributed by atoms with Crippen LogP contribution in [-0.2, 0) is 28.5 Å². The van der Waals surface area contributed by atoms with Gasteiger partial charge < -0.3 is 24.3 Å². The average molecular weight is 479 g/mol. The molecule has 0 heterocycles. The number of nitrogens with one attached hydrogen (secondary N) is 2. The topological polar surface area (TPSA) is 129 Å². The molecule has 1 aliphatic rings. The Bertz CT molecular complexity index is 852. The van der Waals surface area contributed by atoms with Crippen molar-refractivity contribution in [2.24, 2.45) is 17.8 Å². The average Bonchev–Trinajstić information content (AvgIpc) is 3.45. The van der Waals surface area contributed by atoms with Gasteiger partial charge in [0, 0.05) is 11.6 Å². The van der Waals surface area contributed by atoms with Gasteiger partial charge >= 0.3 is 24.1 Å². The summed E-state index contributed by atoms with van der Waals surface area (Å²) in [6.07, 6.45) is -1.13. The minimum atomic E-state index is -1.10. The van der Waals surface area contributed by atoms with Gasteiger partial charge in [0.15, 0.2) is 0 Å². The minimum absolute atomic E-state index is 0.0116. The third kappa shape index (κ3) is 8.24. The van der Waals surface area contributed by atoms with E-state index in [1.165, 1.54) is 0 Å². The van der Waals surface area contributed by atoms with Gasteiger partial charge in [-0.3, -0.25) is 10.1 Å². The number of ether oxygens (including phenoxy) is 4. The predicted octanol–water partition coefficient (Wildman–Crippen LogP) is 3.51. The largest absolute Gasteiger partial charge is 0.466 e. The van der Waals surface area contributed by atoms with Crippen LogP contribution in [0.3, 0.4) is 0 Å². The highest BCUT2D eigenvalue weighted by atomic mass is 16.6. The second kappa shape index (κ2) is 12.2. The highest BCUT2D eigenvalue weighted by Crippen LogP contribution is 2.52. The Labute approximate surface area is 199 Å². The monoisotopic (exact) mass is 478 g/mol. The number of hydrogen-bond donors (Lipinski definition) is 2. The summed E-state index contributed by atoms with van der Waals surface area (Å²) in [6, 6.07) is 7.73. The van der Waals surface area contributed by atoms with E-state index >= 15 is 0 Å². The second-order valence-corrected chi connectivity index (χ2v) is 8.81. The third-order valence-electron chi connectivity index (χ3n) is 5.09. The van der Waals surface area contributed by atoms with Crippen molar-refractivity contribution >= 4 is 29.8 Å². The molecule has 1 aromatic carbocycles. The minimum Gasteiger partial charge on any atom is -0.466 e. The molecule has 0 aliphatic heterocycles. The molecule has 0 aromatic heterocycles. The molecule has 0 radical (unpaired) electrons. The zero-order valence-electron chi connectivity index (χ0n) is 20.3. The quantitative estimate of drug-likeness (QED) is 0.386. The second-order valence-electron chi connectivity index (χ2n) is 8.81. The van der Waals surface area contributed by atoms with E-state index in [2.05, 4.69) is 10.6 Å². The smallest absolute Gasteiger partial charge is 0.411 e. The number of benzene rings is 1. The summed E-state index contributed by atoms with van der Waals surface area (Å²) in [4.78, 5) is 49.6. The SMILES string of the molecule is CCOC(=O)C(NC(=O)OC(C)(C)C)C1C(CCOC(=O)Nc2ccccc2)C1C(=O)OCC. The van der Waals surface area contributed by atoms with Crippen LogP contribution in [-0.4, -0.2) is 55.6 Å². The maximum absolute atomic E-state index is 12.6. The van der Waals surface area contributed by atoms with Crippen molar-refractivity contribution in [3.8, 4) is 0 Å². The van der Waals surface area contributed by atoms with Gasteiger partial charge in [0.1, 0.15) is 11.6 Å². The lowest BCUT2D eigenvalue weighted by Gasteiger charge is -2.23. The molecule has 1 aromatic rings. The van der Waals surface area contributed by atoms with E-state index < -0.39 is 47.6 Å². The first kappa shape index (κ1) is 26.9. The molecule has 0 bridgehead atoms. The zero-order chi connectivity index (χ0) is 25.3. The van der Waals surface area contributed by atoms with Gasteiger partial charge in [-0.15, -0.1) is 0 Å². The molecular formula is C24H34N2O8. The van der Waals surface area contributed by atoms with Crippen LogP contribution < -0.4 is 10.6 Å². The van der Waals surface area contributed by atoms with E-state index in [1.54, 1.807) is 58.9 Å². The summed E-state index contributed by atoms with van der Waals surface area (Å²) < 4.78 is 20.8. The predicted molar refractivity (Wildman–Crippen MR) is 123 cm³/mol. The van der Waals surface area contributed by atoms with Crippen LogP contribution >= 0.6 is 0 Å². The highest BCUT2D eigenvalue weighted by molar-refractivity contribution is 5.86. The van der Waals surface area contributed by atoms with E-state index in [9.17, 15) is 19.2 Å². The van der Waals surface area contributed by atoms with Gasteiger partial charge in [-0.2, -0.15) is 0 Å². The van der Waals surface area contributed by atoms with E-state index in [1.807, 2.05) is 6.07 Å². The highest BCUT2D eigenvalue weighted by Gasteiger charge is 2.61. The molecule has 188 valence electrons. The summed E-state index contributed by atoms with van der Waals surface area (Å²) in [5.41, 5.74) is -0.183. The molecule has 1 fully saturated rings. The Balaban J connectivity index is 2.05. The molecule has 2 rings (SSSR count). The summed E-state index contributed by atoms with van der Waals surface area (Å²) in [5.74, 6) is -2.73. The molecular weight excluding hydrogens is 444 g/mol. The van der Waals surface area contributed by atoms with E-state index in [0.29, 0.717) is 12.1 Å². The van der Waals surface area contributed by atoms with Crippen LogP contribution in [0.15, 0.2) is 30.3 Å². The zero-order valence-corrected chi connectivity index (χ0v) is 20.3. The molecule has 4 atom stereocenters. The summed E-state index contributed by atoms with van der Waals surface area (Å²) in [7, 11) is 0. The number of carbonyl (C=O) groups excluding carboxylic acids is 4. The standard InChI is InChI=1S/C24H34N2O8/c1-6-31-20(27)18-16(13-14-33-22(29)25-15-11-9-8-10-12-15)17(18)19(21(28)32-7-2)26-23(30)34-24(3,4)5/h8-12,16-19H,6-7,13-14H2,1-5H3,(H,25,29)(H,26,30). The van der Waals surface area contributed by atoms with E-state index in [-0.39, 0.29) is 25.7 Å². The fourth-order valence-electron chi connectivity index (χ4n) is 3.74. The first-order valence-corrected chi connectivity index (χ1v) is 11.4. The number of carbonyl (C=O) groups is 4. The number of rotatable bonds is 10. The van der Waals surface area contributed by atoms with E-state index in [0.717, 1.165) is 0 Å². The molecule has 10 nitrogen and oxygen atoms in total. The lowest BCUT2D eigenvalue weighted by atomic mass is 10.1. The van der Waals surface area contributed by atoms with Crippen molar-refractivity contribution < 1.29 is 38.1 Å². The maximum atomic E-state index is 12.6. The molecule has 0 spiro atoms. The summed E-state index contributed by atoms with van der Waals surface area (Å²) in [5, 5.41) is 5.15. The molecule has 4 unspecified atom stereocenters. The summed E-state index contributed by atoms with van der Waals surface area (Å²) >= 11 is 0. The van der Waals surface area contributed by atoms with Crippen LogP contribution in [0.25, 0.3) is 0 Å². The first-order chi connectivity index (χ1) is 16.1. The third-order valence-corrected chi connectivity index (χ3v) is 5.09. The van der Waals surface area contributed by atoms with Crippen molar-refractivity contribution in [3.05, 3.63) is 30.3 Å². The van der Waals surface area contributed by atoms with Crippen LogP contribution in [0.1, 0.15) is 41.0 Å². The van der Waals surface area contributed by atoms with Gasteiger partial charge in [0.25, 0.3) is 0 Å².